The summed E-state index contributed by atoms with van der Waals surface area (Å²) in [4.78, 5) is 41.8. The maximum Gasteiger partial charge on any atom is 0.294 e. The number of nitrogens with one attached hydrogen (secondary N) is 1. The van der Waals surface area contributed by atoms with Crippen molar-refractivity contribution in [2.75, 3.05) is 23.8 Å². The average molecular weight is 478 g/mol. The summed E-state index contributed by atoms with van der Waals surface area (Å²) in [6.45, 7) is 10.3. The second-order valence-electron chi connectivity index (χ2n) is 9.88. The predicted octanol–water partition coefficient (Wildman–Crippen LogP) is 5.70. The second kappa shape index (κ2) is 8.95. The fourth-order valence-electron chi connectivity index (χ4n) is 4.71. The van der Waals surface area contributed by atoms with Crippen LogP contribution in [0.1, 0.15) is 55.4 Å². The fraction of sp³-hybridized carbons (Fsp3) is 0.370. The van der Waals surface area contributed by atoms with Gasteiger partial charge in [-0.25, -0.2) is 0 Å². The molecule has 7 heteroatoms. The Morgan fingerprint density at radius 1 is 1.18 bits per heavy atom. The highest BCUT2D eigenvalue weighted by atomic mass is 32.2. The van der Waals surface area contributed by atoms with E-state index in [2.05, 4.69) is 50.2 Å². The van der Waals surface area contributed by atoms with Crippen LogP contribution in [0, 0.1) is 13.8 Å². The van der Waals surface area contributed by atoms with Crippen molar-refractivity contribution >= 4 is 46.3 Å². The van der Waals surface area contributed by atoms with Gasteiger partial charge in [0.1, 0.15) is 6.54 Å². The molecule has 0 aromatic heterocycles. The molecule has 178 valence electrons. The minimum absolute atomic E-state index is 0.0713. The molecule has 2 aliphatic rings. The van der Waals surface area contributed by atoms with Gasteiger partial charge in [0.25, 0.3) is 11.1 Å². The number of amides is 3. The molecule has 3 amide bonds. The van der Waals surface area contributed by atoms with Gasteiger partial charge in [-0.05, 0) is 98.3 Å². The highest BCUT2D eigenvalue weighted by Gasteiger charge is 2.37. The first-order valence-electron chi connectivity index (χ1n) is 11.5. The molecule has 0 radical (unpaired) electrons. The van der Waals surface area contributed by atoms with Gasteiger partial charge >= 0.3 is 0 Å². The normalized spacial score (nSPS) is 20.6. The van der Waals surface area contributed by atoms with Crippen molar-refractivity contribution in [2.24, 2.45) is 0 Å². The van der Waals surface area contributed by atoms with Gasteiger partial charge < -0.3 is 10.2 Å². The van der Waals surface area contributed by atoms with Gasteiger partial charge in [0, 0.05) is 24.0 Å². The summed E-state index contributed by atoms with van der Waals surface area (Å²) in [6.07, 6.45) is 2.82. The van der Waals surface area contributed by atoms with Gasteiger partial charge in [-0.3, -0.25) is 19.3 Å². The lowest BCUT2D eigenvalue weighted by atomic mass is 9.79. The predicted molar refractivity (Wildman–Crippen MR) is 139 cm³/mol. The standard InChI is InChI=1S/C27H31N3O3S/c1-16-9-7-8-10-21(16)28-24(31)15-30-25(32)23(34-26(30)33)13-19-12-20-18(3)14-27(4,5)29(6)22(20)11-17(19)2/h7-13,18H,14-15H2,1-6H3,(H,28,31)/b23-13-/t18-/m0/s1. The molecule has 1 N–H and O–H groups in total. The fourth-order valence-corrected chi connectivity index (χ4v) is 5.54. The molecule has 0 unspecified atom stereocenters. The number of fused-ring (bicyclic) bond motifs is 1. The molecule has 0 bridgehead atoms. The first-order chi connectivity index (χ1) is 16.0. The van der Waals surface area contributed by atoms with Crippen LogP contribution in [0.3, 0.4) is 0 Å². The number of benzene rings is 2. The number of anilines is 2. The summed E-state index contributed by atoms with van der Waals surface area (Å²) < 4.78 is 0. The van der Waals surface area contributed by atoms with Crippen molar-refractivity contribution in [3.05, 3.63) is 63.6 Å². The highest BCUT2D eigenvalue weighted by molar-refractivity contribution is 8.18. The molecule has 2 aromatic carbocycles. The SMILES string of the molecule is Cc1cc2c(cc1/C=C1\SC(=O)N(CC(=O)Nc3ccccc3C)C1=O)[C@@H](C)CC(C)(C)N2C. The number of carbonyl (C=O) groups is 3. The third-order valence-corrected chi connectivity index (χ3v) is 7.81. The van der Waals surface area contributed by atoms with Crippen molar-refractivity contribution in [3.63, 3.8) is 0 Å². The van der Waals surface area contributed by atoms with E-state index in [0.717, 1.165) is 39.8 Å². The second-order valence-corrected chi connectivity index (χ2v) is 10.9. The third kappa shape index (κ3) is 4.49. The van der Waals surface area contributed by atoms with E-state index in [0.29, 0.717) is 16.5 Å². The van der Waals surface area contributed by atoms with E-state index in [1.165, 1.54) is 11.3 Å². The molecule has 0 aliphatic carbocycles. The zero-order valence-electron chi connectivity index (χ0n) is 20.6. The summed E-state index contributed by atoms with van der Waals surface area (Å²) in [5.74, 6) is -0.449. The Labute approximate surface area is 205 Å². The molecule has 0 saturated carbocycles. The molecule has 1 saturated heterocycles. The van der Waals surface area contributed by atoms with Crippen LogP contribution in [-0.4, -0.2) is 41.1 Å². The van der Waals surface area contributed by atoms with Gasteiger partial charge in [-0.1, -0.05) is 25.1 Å². The Balaban J connectivity index is 1.55. The maximum atomic E-state index is 13.0. The van der Waals surface area contributed by atoms with Crippen LogP contribution in [0.25, 0.3) is 6.08 Å². The van der Waals surface area contributed by atoms with Gasteiger partial charge in [0.2, 0.25) is 5.91 Å². The Bertz CT molecular complexity index is 1220. The van der Waals surface area contributed by atoms with Crippen LogP contribution in [0.5, 0.6) is 0 Å². The minimum Gasteiger partial charge on any atom is -0.369 e. The summed E-state index contributed by atoms with van der Waals surface area (Å²) in [5.41, 5.74) is 6.07. The number of para-hydroxylation sites is 1. The van der Waals surface area contributed by atoms with Crippen LogP contribution in [0.2, 0.25) is 0 Å². The first kappa shape index (κ1) is 24.1. The zero-order valence-corrected chi connectivity index (χ0v) is 21.4. The number of hydrogen-bond donors (Lipinski definition) is 1. The quantitative estimate of drug-likeness (QED) is 0.572. The van der Waals surface area contributed by atoms with E-state index in [-0.39, 0.29) is 12.1 Å². The van der Waals surface area contributed by atoms with E-state index in [4.69, 9.17) is 0 Å². The van der Waals surface area contributed by atoms with Crippen LogP contribution in [0.4, 0.5) is 16.2 Å². The lowest BCUT2D eigenvalue weighted by molar-refractivity contribution is -0.127. The van der Waals surface area contributed by atoms with Crippen molar-refractivity contribution in [1.29, 1.82) is 0 Å². The van der Waals surface area contributed by atoms with E-state index in [9.17, 15) is 14.4 Å². The number of carbonyl (C=O) groups excluding carboxylic acids is 3. The topological polar surface area (TPSA) is 69.7 Å². The third-order valence-electron chi connectivity index (χ3n) is 6.90. The molecular formula is C27H31N3O3S. The smallest absolute Gasteiger partial charge is 0.294 e. The van der Waals surface area contributed by atoms with E-state index >= 15 is 0 Å². The average Bonchev–Trinajstić information content (AvgIpc) is 3.02. The highest BCUT2D eigenvalue weighted by Crippen LogP contribution is 2.44. The summed E-state index contributed by atoms with van der Waals surface area (Å²) in [5, 5.41) is 2.35. The molecule has 2 aliphatic heterocycles. The van der Waals surface area contributed by atoms with E-state index < -0.39 is 17.1 Å². The molecule has 34 heavy (non-hydrogen) atoms. The number of imide groups is 1. The van der Waals surface area contributed by atoms with Gasteiger partial charge in [0.05, 0.1) is 4.91 Å². The van der Waals surface area contributed by atoms with Crippen LogP contribution in [-0.2, 0) is 9.59 Å². The molecule has 2 heterocycles. The van der Waals surface area contributed by atoms with Gasteiger partial charge in [-0.15, -0.1) is 0 Å². The number of rotatable bonds is 4. The van der Waals surface area contributed by atoms with E-state index in [1.807, 2.05) is 32.0 Å². The minimum atomic E-state index is -0.432. The van der Waals surface area contributed by atoms with E-state index in [1.54, 1.807) is 12.1 Å². The number of nitrogens with zero attached hydrogens (tertiary/aromatic N) is 2. The monoisotopic (exact) mass is 477 g/mol. The van der Waals surface area contributed by atoms with Gasteiger partial charge in [-0.2, -0.15) is 0 Å². The lowest BCUT2D eigenvalue weighted by Gasteiger charge is -2.45. The van der Waals surface area contributed by atoms with Crippen molar-refractivity contribution in [3.8, 4) is 0 Å². The zero-order chi connectivity index (χ0) is 24.8. The Hall–Kier alpha value is -3.06. The molecule has 1 fully saturated rings. The lowest BCUT2D eigenvalue weighted by Crippen LogP contribution is -2.45. The Kier molecular flexibility index (Phi) is 6.34. The van der Waals surface area contributed by atoms with Crippen molar-refractivity contribution in [1.82, 2.24) is 4.90 Å². The van der Waals surface area contributed by atoms with Crippen LogP contribution < -0.4 is 10.2 Å². The Morgan fingerprint density at radius 3 is 2.59 bits per heavy atom. The molecule has 4 rings (SSSR count). The molecule has 0 spiro atoms. The maximum absolute atomic E-state index is 13.0. The number of thioether (sulfide) groups is 1. The molecule has 2 aromatic rings. The Morgan fingerprint density at radius 2 is 1.88 bits per heavy atom. The molecular weight excluding hydrogens is 446 g/mol. The number of hydrogen-bond acceptors (Lipinski definition) is 5. The molecule has 1 atom stereocenters. The first-order valence-corrected chi connectivity index (χ1v) is 12.3. The summed E-state index contributed by atoms with van der Waals surface area (Å²) >= 11 is 0.883. The summed E-state index contributed by atoms with van der Waals surface area (Å²) in [6, 6.07) is 11.7. The van der Waals surface area contributed by atoms with Crippen LogP contribution in [0.15, 0.2) is 41.3 Å². The van der Waals surface area contributed by atoms with Gasteiger partial charge in [0.15, 0.2) is 0 Å². The molecule has 6 nitrogen and oxygen atoms in total. The number of aryl methyl sites for hydroxylation is 2. The van der Waals surface area contributed by atoms with Crippen LogP contribution >= 0.6 is 11.8 Å². The van der Waals surface area contributed by atoms with Crippen molar-refractivity contribution in [2.45, 2.75) is 52.5 Å². The van der Waals surface area contributed by atoms with Crippen molar-refractivity contribution < 1.29 is 14.4 Å². The largest absolute Gasteiger partial charge is 0.369 e. The summed E-state index contributed by atoms with van der Waals surface area (Å²) in [7, 11) is 2.12.